The van der Waals surface area contributed by atoms with Crippen LogP contribution in [0.25, 0.3) is 0 Å². The Hall–Kier alpha value is -0.710. The molecule has 0 spiro atoms. The first-order valence-electron chi connectivity index (χ1n) is 4.34. The number of carbonyl (C=O) groups is 2. The van der Waals surface area contributed by atoms with Crippen LogP contribution in [0.2, 0.25) is 0 Å². The zero-order chi connectivity index (χ0) is 9.68. The van der Waals surface area contributed by atoms with E-state index in [9.17, 15) is 9.59 Å². The lowest BCUT2D eigenvalue weighted by molar-refractivity contribution is -0.109. The molecular formula is C8H13NO3S. The second kappa shape index (κ2) is 5.11. The van der Waals surface area contributed by atoms with E-state index >= 15 is 0 Å². The van der Waals surface area contributed by atoms with E-state index in [-0.39, 0.29) is 11.2 Å². The molecule has 0 unspecified atom stereocenters. The number of hydrogen-bond acceptors (Lipinski definition) is 4. The largest absolute Gasteiger partial charge is 0.422 e. The zero-order valence-corrected chi connectivity index (χ0v) is 8.43. The number of likely N-dealkylation sites (tertiary alicyclic amines) is 1. The summed E-state index contributed by atoms with van der Waals surface area (Å²) in [4.78, 5) is 23.4. The Morgan fingerprint density at radius 2 is 1.85 bits per heavy atom. The molecule has 1 heterocycles. The summed E-state index contributed by atoms with van der Waals surface area (Å²) in [7, 11) is 0. The Balaban J connectivity index is 2.25. The smallest absolute Gasteiger partial charge is 0.367 e. The number of carbonyl (C=O) groups excluding carboxylic acids is 2. The fourth-order valence-corrected chi connectivity index (χ4v) is 1.52. The predicted octanol–water partition coefficient (Wildman–Crippen LogP) is 1.80. The second-order valence-electron chi connectivity index (χ2n) is 2.97. The van der Waals surface area contributed by atoms with E-state index in [4.69, 9.17) is 4.18 Å². The van der Waals surface area contributed by atoms with Crippen molar-refractivity contribution in [3.63, 3.8) is 0 Å². The maximum Gasteiger partial charge on any atom is 0.422 e. The molecule has 0 N–H and O–H groups in total. The molecule has 1 saturated heterocycles. The lowest BCUT2D eigenvalue weighted by atomic mass is 10.1. The number of nitrogens with zero attached hydrogens (tertiary/aromatic N) is 1. The van der Waals surface area contributed by atoms with Gasteiger partial charge in [-0.3, -0.25) is 4.79 Å². The lowest BCUT2D eigenvalue weighted by Crippen LogP contribution is -2.35. The van der Waals surface area contributed by atoms with Crippen molar-refractivity contribution in [2.24, 2.45) is 0 Å². The van der Waals surface area contributed by atoms with Gasteiger partial charge in [-0.2, -0.15) is 0 Å². The normalized spacial score (nSPS) is 16.8. The minimum Gasteiger partial charge on any atom is -0.367 e. The summed E-state index contributed by atoms with van der Waals surface area (Å²) in [6.07, 6.45) is 2.84. The summed E-state index contributed by atoms with van der Waals surface area (Å²) in [5, 5.41) is -0.203. The van der Waals surface area contributed by atoms with Crippen LogP contribution in [-0.4, -0.2) is 29.2 Å². The number of rotatable bonds is 0. The van der Waals surface area contributed by atoms with Crippen LogP contribution in [0.15, 0.2) is 0 Å². The predicted molar refractivity (Wildman–Crippen MR) is 50.2 cm³/mol. The van der Waals surface area contributed by atoms with Gasteiger partial charge in [0.1, 0.15) is 12.0 Å². The van der Waals surface area contributed by atoms with Gasteiger partial charge >= 0.3 is 6.09 Å². The number of piperidine rings is 1. The molecule has 0 atom stereocenters. The van der Waals surface area contributed by atoms with Gasteiger partial charge in [0.15, 0.2) is 0 Å². The molecule has 74 valence electrons. The summed E-state index contributed by atoms with van der Waals surface area (Å²) in [5.41, 5.74) is 0. The van der Waals surface area contributed by atoms with Gasteiger partial charge in [0.05, 0.1) is 0 Å². The van der Waals surface area contributed by atoms with Crippen LogP contribution in [0.3, 0.4) is 0 Å². The van der Waals surface area contributed by atoms with E-state index in [1.807, 2.05) is 0 Å². The topological polar surface area (TPSA) is 46.6 Å². The first-order valence-corrected chi connectivity index (χ1v) is 5.08. The van der Waals surface area contributed by atoms with E-state index in [2.05, 4.69) is 0 Å². The summed E-state index contributed by atoms with van der Waals surface area (Å²) in [6.45, 7) is 2.86. The van der Waals surface area contributed by atoms with Gasteiger partial charge in [-0.15, -0.1) is 0 Å². The van der Waals surface area contributed by atoms with Crippen LogP contribution in [0.4, 0.5) is 4.79 Å². The van der Waals surface area contributed by atoms with Crippen LogP contribution in [0.5, 0.6) is 0 Å². The van der Waals surface area contributed by atoms with Crippen LogP contribution < -0.4 is 0 Å². The van der Waals surface area contributed by atoms with E-state index < -0.39 is 0 Å². The fraction of sp³-hybridized carbons (Fsp3) is 0.750. The Bertz CT molecular complexity index is 202. The molecular weight excluding hydrogens is 190 g/mol. The summed E-state index contributed by atoms with van der Waals surface area (Å²) in [5.74, 6) is 0. The molecule has 0 bridgehead atoms. The third kappa shape index (κ3) is 3.67. The minimum absolute atomic E-state index is 0.203. The standard InChI is InChI=1S/C8H13NO3S/c1-7(10)13-12-8(11)9-5-3-2-4-6-9/h2-6H2,1H3. The van der Waals surface area contributed by atoms with E-state index in [0.717, 1.165) is 25.9 Å². The van der Waals surface area contributed by atoms with Gasteiger partial charge in [-0.25, -0.2) is 4.79 Å². The van der Waals surface area contributed by atoms with Gasteiger partial charge in [-0.05, 0) is 19.3 Å². The molecule has 0 aromatic heterocycles. The van der Waals surface area contributed by atoms with Crippen LogP contribution in [0.1, 0.15) is 26.2 Å². The van der Waals surface area contributed by atoms with Crippen molar-refractivity contribution in [1.29, 1.82) is 0 Å². The first kappa shape index (κ1) is 10.4. The third-order valence-electron chi connectivity index (χ3n) is 1.84. The van der Waals surface area contributed by atoms with Crippen LogP contribution in [-0.2, 0) is 8.98 Å². The van der Waals surface area contributed by atoms with Gasteiger partial charge < -0.3 is 9.08 Å². The molecule has 0 aromatic carbocycles. The zero-order valence-electron chi connectivity index (χ0n) is 7.62. The first-order chi connectivity index (χ1) is 6.20. The van der Waals surface area contributed by atoms with Gasteiger partial charge in [0.2, 0.25) is 5.12 Å². The molecule has 0 radical (unpaired) electrons. The Morgan fingerprint density at radius 3 is 2.38 bits per heavy atom. The van der Waals surface area contributed by atoms with Crippen molar-refractivity contribution in [2.75, 3.05) is 13.1 Å². The molecule has 1 rings (SSSR count). The minimum atomic E-state index is -0.389. The highest BCUT2D eigenvalue weighted by atomic mass is 32.2. The average molecular weight is 203 g/mol. The summed E-state index contributed by atoms with van der Waals surface area (Å²) < 4.78 is 4.70. The SMILES string of the molecule is CC(=O)SOC(=O)N1CCCCC1. The Morgan fingerprint density at radius 1 is 1.23 bits per heavy atom. The fourth-order valence-electron chi connectivity index (χ4n) is 1.22. The summed E-state index contributed by atoms with van der Waals surface area (Å²) >= 11 is 0.603. The molecule has 1 amide bonds. The molecule has 0 aromatic rings. The second-order valence-corrected chi connectivity index (χ2v) is 3.88. The Labute approximate surface area is 81.8 Å². The molecule has 0 saturated carbocycles. The number of amides is 1. The van der Waals surface area contributed by atoms with Crippen LogP contribution >= 0.6 is 12.0 Å². The van der Waals surface area contributed by atoms with Crippen molar-refractivity contribution in [3.05, 3.63) is 0 Å². The Kier molecular flexibility index (Phi) is 4.08. The van der Waals surface area contributed by atoms with Crippen molar-refractivity contribution in [2.45, 2.75) is 26.2 Å². The van der Waals surface area contributed by atoms with Gasteiger partial charge in [0.25, 0.3) is 0 Å². The highest BCUT2D eigenvalue weighted by molar-refractivity contribution is 8.09. The molecule has 1 fully saturated rings. The van der Waals surface area contributed by atoms with Crippen molar-refractivity contribution in [1.82, 2.24) is 4.90 Å². The van der Waals surface area contributed by atoms with Gasteiger partial charge in [-0.1, -0.05) is 0 Å². The third-order valence-corrected chi connectivity index (χ3v) is 2.31. The highest BCUT2D eigenvalue weighted by Gasteiger charge is 2.18. The number of hydrogen-bond donors (Lipinski definition) is 0. The summed E-state index contributed by atoms with van der Waals surface area (Å²) in [6, 6.07) is 0. The molecule has 1 aliphatic rings. The van der Waals surface area contributed by atoms with Crippen molar-refractivity contribution in [3.8, 4) is 0 Å². The molecule has 13 heavy (non-hydrogen) atoms. The van der Waals surface area contributed by atoms with Gasteiger partial charge in [0, 0.05) is 20.0 Å². The molecule has 0 aliphatic carbocycles. The van der Waals surface area contributed by atoms with E-state index in [1.54, 1.807) is 4.90 Å². The molecule has 1 aliphatic heterocycles. The average Bonchev–Trinajstić information content (AvgIpc) is 2.15. The quantitative estimate of drug-likeness (QED) is 0.563. The maximum atomic E-state index is 11.2. The van der Waals surface area contributed by atoms with Crippen molar-refractivity contribution >= 4 is 23.3 Å². The molecule has 5 heteroatoms. The maximum absolute atomic E-state index is 11.2. The highest BCUT2D eigenvalue weighted by Crippen LogP contribution is 2.13. The van der Waals surface area contributed by atoms with Crippen molar-refractivity contribution < 1.29 is 13.8 Å². The van der Waals surface area contributed by atoms with E-state index in [1.165, 1.54) is 13.3 Å². The van der Waals surface area contributed by atoms with Crippen LogP contribution in [0, 0.1) is 0 Å². The van der Waals surface area contributed by atoms with E-state index in [0.29, 0.717) is 12.0 Å². The monoisotopic (exact) mass is 203 g/mol. The molecule has 4 nitrogen and oxygen atoms in total. The lowest BCUT2D eigenvalue weighted by Gasteiger charge is -2.24.